The SMILES string of the molecule is CC(=O)[C@]1(COc2cc(N)cc(C(F)(F)F)c2)CCCN1. The van der Waals surface area contributed by atoms with Crippen molar-refractivity contribution in [2.75, 3.05) is 18.9 Å². The number of carbonyl (C=O) groups excluding carboxylic acids is 1. The lowest BCUT2D eigenvalue weighted by Gasteiger charge is -2.26. The third-order valence-electron chi connectivity index (χ3n) is 3.66. The van der Waals surface area contributed by atoms with Crippen molar-refractivity contribution in [2.24, 2.45) is 0 Å². The first kappa shape index (κ1) is 15.6. The van der Waals surface area contributed by atoms with E-state index in [2.05, 4.69) is 5.32 Å². The van der Waals surface area contributed by atoms with Gasteiger partial charge in [-0.25, -0.2) is 0 Å². The van der Waals surface area contributed by atoms with E-state index in [0.29, 0.717) is 13.0 Å². The van der Waals surface area contributed by atoms with Crippen LogP contribution >= 0.6 is 0 Å². The fourth-order valence-electron chi connectivity index (χ4n) is 2.41. The summed E-state index contributed by atoms with van der Waals surface area (Å²) in [6.07, 6.45) is -3.05. The van der Waals surface area contributed by atoms with Crippen molar-refractivity contribution in [3.8, 4) is 5.75 Å². The van der Waals surface area contributed by atoms with Gasteiger partial charge in [-0.3, -0.25) is 4.79 Å². The van der Waals surface area contributed by atoms with E-state index in [1.54, 1.807) is 0 Å². The smallest absolute Gasteiger partial charge is 0.416 e. The Kier molecular flexibility index (Phi) is 4.13. The van der Waals surface area contributed by atoms with Crippen molar-refractivity contribution in [2.45, 2.75) is 31.5 Å². The predicted octanol–water partition coefficient (Wildman–Crippen LogP) is 2.38. The van der Waals surface area contributed by atoms with Gasteiger partial charge in [0.1, 0.15) is 17.9 Å². The van der Waals surface area contributed by atoms with Gasteiger partial charge in [0.25, 0.3) is 0 Å². The van der Waals surface area contributed by atoms with Crippen LogP contribution in [0.1, 0.15) is 25.3 Å². The number of anilines is 1. The van der Waals surface area contributed by atoms with Crippen LogP contribution in [0.5, 0.6) is 5.75 Å². The van der Waals surface area contributed by atoms with Crippen LogP contribution in [0.25, 0.3) is 0 Å². The van der Waals surface area contributed by atoms with Crippen molar-refractivity contribution in [3.63, 3.8) is 0 Å². The minimum atomic E-state index is -4.49. The minimum Gasteiger partial charge on any atom is -0.491 e. The molecule has 1 fully saturated rings. The molecule has 1 saturated heterocycles. The van der Waals surface area contributed by atoms with Gasteiger partial charge in [0.05, 0.1) is 5.56 Å². The molecule has 0 saturated carbocycles. The zero-order valence-electron chi connectivity index (χ0n) is 11.6. The van der Waals surface area contributed by atoms with Crippen LogP contribution < -0.4 is 15.8 Å². The summed E-state index contributed by atoms with van der Waals surface area (Å²) in [5.41, 5.74) is 3.76. The van der Waals surface area contributed by atoms with E-state index in [1.165, 1.54) is 13.0 Å². The van der Waals surface area contributed by atoms with Crippen LogP contribution in [0.15, 0.2) is 18.2 Å². The molecule has 0 radical (unpaired) electrons. The summed E-state index contributed by atoms with van der Waals surface area (Å²) in [6.45, 7) is 2.12. The molecule has 1 aliphatic heterocycles. The fraction of sp³-hybridized carbons (Fsp3) is 0.500. The normalized spacial score (nSPS) is 22.3. The number of alkyl halides is 3. The fourth-order valence-corrected chi connectivity index (χ4v) is 2.41. The summed E-state index contributed by atoms with van der Waals surface area (Å²) < 4.78 is 43.6. The molecular formula is C14H17F3N2O2. The molecule has 1 aromatic rings. The Morgan fingerprint density at radius 3 is 2.67 bits per heavy atom. The Morgan fingerprint density at radius 2 is 2.14 bits per heavy atom. The molecule has 21 heavy (non-hydrogen) atoms. The number of hydrogen-bond donors (Lipinski definition) is 2. The molecule has 0 amide bonds. The average Bonchev–Trinajstić information content (AvgIpc) is 2.85. The lowest BCUT2D eigenvalue weighted by atomic mass is 9.94. The van der Waals surface area contributed by atoms with Crippen LogP contribution in [0.3, 0.4) is 0 Å². The quantitative estimate of drug-likeness (QED) is 0.838. The van der Waals surface area contributed by atoms with Crippen LogP contribution in [-0.4, -0.2) is 24.5 Å². The molecule has 1 aromatic carbocycles. The topological polar surface area (TPSA) is 64.3 Å². The number of nitrogens with one attached hydrogen (secondary N) is 1. The molecule has 3 N–H and O–H groups in total. The van der Waals surface area contributed by atoms with Crippen LogP contribution in [0.2, 0.25) is 0 Å². The van der Waals surface area contributed by atoms with Gasteiger partial charge in [0.15, 0.2) is 5.78 Å². The van der Waals surface area contributed by atoms with Crippen molar-refractivity contribution >= 4 is 11.5 Å². The van der Waals surface area contributed by atoms with Crippen molar-refractivity contribution in [1.82, 2.24) is 5.32 Å². The first-order valence-electron chi connectivity index (χ1n) is 6.60. The number of ether oxygens (including phenoxy) is 1. The van der Waals surface area contributed by atoms with E-state index in [9.17, 15) is 18.0 Å². The molecule has 0 aliphatic carbocycles. The highest BCUT2D eigenvalue weighted by Crippen LogP contribution is 2.34. The molecular weight excluding hydrogens is 285 g/mol. The minimum absolute atomic E-state index is 0.0108. The molecule has 4 nitrogen and oxygen atoms in total. The van der Waals surface area contributed by atoms with E-state index in [1.807, 2.05) is 0 Å². The number of hydrogen-bond acceptors (Lipinski definition) is 4. The summed E-state index contributed by atoms with van der Waals surface area (Å²) in [5.74, 6) is -0.0726. The van der Waals surface area contributed by atoms with Gasteiger partial charge in [0, 0.05) is 11.8 Å². The maximum Gasteiger partial charge on any atom is 0.416 e. The third-order valence-corrected chi connectivity index (χ3v) is 3.66. The van der Waals surface area contributed by atoms with Gasteiger partial charge in [0.2, 0.25) is 0 Å². The van der Waals surface area contributed by atoms with Crippen LogP contribution in [0, 0.1) is 0 Å². The van der Waals surface area contributed by atoms with Crippen LogP contribution in [0.4, 0.5) is 18.9 Å². The van der Waals surface area contributed by atoms with Gasteiger partial charge in [-0.2, -0.15) is 13.2 Å². The third kappa shape index (κ3) is 3.47. The molecule has 7 heteroatoms. The van der Waals surface area contributed by atoms with E-state index in [-0.39, 0.29) is 23.8 Å². The molecule has 116 valence electrons. The molecule has 0 spiro atoms. The number of benzene rings is 1. The summed E-state index contributed by atoms with van der Waals surface area (Å²) in [6, 6.07) is 3.05. The summed E-state index contributed by atoms with van der Waals surface area (Å²) in [7, 11) is 0. The largest absolute Gasteiger partial charge is 0.491 e. The van der Waals surface area contributed by atoms with E-state index in [4.69, 9.17) is 10.5 Å². The zero-order valence-corrected chi connectivity index (χ0v) is 11.6. The maximum atomic E-state index is 12.7. The van der Waals surface area contributed by atoms with E-state index >= 15 is 0 Å². The number of rotatable bonds is 4. The first-order chi connectivity index (χ1) is 9.73. The maximum absolute atomic E-state index is 12.7. The first-order valence-corrected chi connectivity index (χ1v) is 6.60. The molecule has 1 heterocycles. The Bertz CT molecular complexity index is 538. The molecule has 0 unspecified atom stereocenters. The highest BCUT2D eigenvalue weighted by Gasteiger charge is 2.39. The van der Waals surface area contributed by atoms with E-state index in [0.717, 1.165) is 18.6 Å². The number of nitrogen functional groups attached to an aromatic ring is 1. The van der Waals surface area contributed by atoms with Gasteiger partial charge in [-0.15, -0.1) is 0 Å². The second-order valence-corrected chi connectivity index (χ2v) is 5.25. The Balaban J connectivity index is 2.16. The lowest BCUT2D eigenvalue weighted by molar-refractivity contribution is -0.137. The lowest BCUT2D eigenvalue weighted by Crippen LogP contribution is -2.51. The van der Waals surface area contributed by atoms with Gasteiger partial charge >= 0.3 is 6.18 Å². The number of Topliss-reactive ketones (excluding diaryl/α,β-unsaturated/α-hetero) is 1. The molecule has 1 aliphatic rings. The number of ketones is 1. The van der Waals surface area contributed by atoms with Crippen molar-refractivity contribution in [3.05, 3.63) is 23.8 Å². The Morgan fingerprint density at radius 1 is 1.43 bits per heavy atom. The monoisotopic (exact) mass is 302 g/mol. The predicted molar refractivity (Wildman–Crippen MR) is 72.0 cm³/mol. The zero-order chi connectivity index (χ0) is 15.7. The molecule has 2 rings (SSSR count). The second-order valence-electron chi connectivity index (χ2n) is 5.25. The van der Waals surface area contributed by atoms with Gasteiger partial charge in [-0.05, 0) is 38.4 Å². The highest BCUT2D eigenvalue weighted by molar-refractivity contribution is 5.86. The van der Waals surface area contributed by atoms with Gasteiger partial charge in [-0.1, -0.05) is 0 Å². The number of nitrogens with two attached hydrogens (primary N) is 1. The summed E-state index contributed by atoms with van der Waals surface area (Å²) in [4.78, 5) is 11.7. The number of carbonyl (C=O) groups is 1. The van der Waals surface area contributed by atoms with Crippen LogP contribution in [-0.2, 0) is 11.0 Å². The molecule has 0 bridgehead atoms. The highest BCUT2D eigenvalue weighted by atomic mass is 19.4. The van der Waals surface area contributed by atoms with E-state index < -0.39 is 17.3 Å². The van der Waals surface area contributed by atoms with Gasteiger partial charge < -0.3 is 15.8 Å². The molecule has 1 atom stereocenters. The Hall–Kier alpha value is -1.76. The van der Waals surface area contributed by atoms with Crippen molar-refractivity contribution < 1.29 is 22.7 Å². The van der Waals surface area contributed by atoms with Crippen molar-refractivity contribution in [1.29, 1.82) is 0 Å². The number of halogens is 3. The standard InChI is InChI=1S/C14H17F3N2O2/c1-9(20)13(3-2-4-19-13)8-21-12-6-10(14(15,16)17)5-11(18)7-12/h5-7,19H,2-4,8,18H2,1H3/t13-/m1/s1. The average molecular weight is 302 g/mol. The Labute approximate surface area is 120 Å². The molecule has 0 aromatic heterocycles. The summed E-state index contributed by atoms with van der Waals surface area (Å²) in [5, 5.41) is 3.07. The second kappa shape index (κ2) is 5.55. The summed E-state index contributed by atoms with van der Waals surface area (Å²) >= 11 is 0.